The van der Waals surface area contributed by atoms with Crippen LogP contribution in [0, 0.1) is 6.92 Å². The fourth-order valence-corrected chi connectivity index (χ4v) is 3.26. The number of para-hydroxylation sites is 1. The Balaban J connectivity index is 1.31. The Bertz CT molecular complexity index is 946. The van der Waals surface area contributed by atoms with Gasteiger partial charge in [-0.1, -0.05) is 42.5 Å². The number of amides is 1. The van der Waals surface area contributed by atoms with Gasteiger partial charge in [-0.15, -0.1) is 0 Å². The molecular weight excluding hydrogens is 352 g/mol. The van der Waals surface area contributed by atoms with Crippen molar-refractivity contribution in [3.8, 4) is 0 Å². The molecule has 0 atom stereocenters. The van der Waals surface area contributed by atoms with Crippen LogP contribution in [0.25, 0.3) is 10.9 Å². The van der Waals surface area contributed by atoms with E-state index in [9.17, 15) is 9.59 Å². The summed E-state index contributed by atoms with van der Waals surface area (Å²) in [4.78, 5) is 26.9. The largest absolute Gasteiger partial charge is 0.456 e. The van der Waals surface area contributed by atoms with Gasteiger partial charge >= 0.3 is 5.97 Å². The van der Waals surface area contributed by atoms with Gasteiger partial charge in [0.05, 0.1) is 0 Å². The van der Waals surface area contributed by atoms with Crippen molar-refractivity contribution in [2.24, 2.45) is 0 Å². The van der Waals surface area contributed by atoms with Crippen LogP contribution in [-0.2, 0) is 27.2 Å². The molecule has 0 aliphatic rings. The molecule has 28 heavy (non-hydrogen) atoms. The van der Waals surface area contributed by atoms with Crippen molar-refractivity contribution in [2.45, 2.75) is 32.6 Å². The maximum absolute atomic E-state index is 11.9. The number of fused-ring (bicyclic) bond motifs is 1. The highest BCUT2D eigenvalue weighted by molar-refractivity contribution is 5.83. The molecule has 0 saturated heterocycles. The lowest BCUT2D eigenvalue weighted by Crippen LogP contribution is -2.30. The molecule has 3 aromatic rings. The molecule has 0 fully saturated rings. The minimum Gasteiger partial charge on any atom is -0.456 e. The first-order valence-corrected chi connectivity index (χ1v) is 9.65. The average molecular weight is 378 g/mol. The first kappa shape index (κ1) is 19.7. The number of rotatable bonds is 9. The number of aromatic amines is 1. The molecule has 0 unspecified atom stereocenters. The molecule has 0 aliphatic heterocycles. The van der Waals surface area contributed by atoms with Gasteiger partial charge in [0.15, 0.2) is 6.61 Å². The Morgan fingerprint density at radius 3 is 2.64 bits per heavy atom. The van der Waals surface area contributed by atoms with E-state index in [0.717, 1.165) is 18.4 Å². The molecule has 2 N–H and O–H groups in total. The van der Waals surface area contributed by atoms with Crippen LogP contribution < -0.4 is 5.32 Å². The molecule has 0 radical (unpaired) electrons. The van der Waals surface area contributed by atoms with Gasteiger partial charge in [0, 0.05) is 30.1 Å². The Morgan fingerprint density at radius 2 is 1.79 bits per heavy atom. The number of aromatic nitrogens is 1. The summed E-state index contributed by atoms with van der Waals surface area (Å²) in [6, 6.07) is 16.2. The third-order valence-corrected chi connectivity index (χ3v) is 4.84. The van der Waals surface area contributed by atoms with Crippen LogP contribution in [0.1, 0.15) is 29.5 Å². The number of hydrogen-bond donors (Lipinski definition) is 2. The Hall–Kier alpha value is -3.08. The summed E-state index contributed by atoms with van der Waals surface area (Å²) < 4.78 is 5.08. The molecule has 2 aromatic carbocycles. The normalized spacial score (nSPS) is 10.8. The lowest BCUT2D eigenvalue weighted by Gasteiger charge is -2.08. The minimum absolute atomic E-state index is 0.223. The van der Waals surface area contributed by atoms with Gasteiger partial charge in [-0.2, -0.15) is 0 Å². The van der Waals surface area contributed by atoms with Crippen LogP contribution >= 0.6 is 0 Å². The number of H-pyrrole nitrogens is 1. The lowest BCUT2D eigenvalue weighted by molar-refractivity contribution is -0.148. The number of ether oxygens (including phenoxy) is 1. The van der Waals surface area contributed by atoms with Gasteiger partial charge in [-0.05, 0) is 48.9 Å². The SMILES string of the molecule is Cc1ccccc1CCNC(=O)COC(=O)CCCc1c[nH]c2ccccc12. The van der Waals surface area contributed by atoms with Crippen molar-refractivity contribution in [1.82, 2.24) is 10.3 Å². The van der Waals surface area contributed by atoms with Crippen molar-refractivity contribution in [1.29, 1.82) is 0 Å². The van der Waals surface area contributed by atoms with E-state index in [1.807, 2.05) is 36.5 Å². The molecule has 146 valence electrons. The van der Waals surface area contributed by atoms with E-state index < -0.39 is 0 Å². The monoisotopic (exact) mass is 378 g/mol. The number of aryl methyl sites for hydroxylation is 2. The highest BCUT2D eigenvalue weighted by atomic mass is 16.5. The molecule has 0 saturated carbocycles. The summed E-state index contributed by atoms with van der Waals surface area (Å²) in [7, 11) is 0. The van der Waals surface area contributed by atoms with Crippen molar-refractivity contribution >= 4 is 22.8 Å². The zero-order chi connectivity index (χ0) is 19.8. The van der Waals surface area contributed by atoms with Gasteiger partial charge < -0.3 is 15.0 Å². The quantitative estimate of drug-likeness (QED) is 0.558. The molecule has 0 aliphatic carbocycles. The average Bonchev–Trinajstić information content (AvgIpc) is 3.11. The molecule has 3 rings (SSSR count). The molecule has 0 spiro atoms. The molecule has 5 heteroatoms. The molecule has 1 amide bonds. The summed E-state index contributed by atoms with van der Waals surface area (Å²) in [5.74, 6) is -0.604. The van der Waals surface area contributed by atoms with Crippen LogP contribution in [0.15, 0.2) is 54.7 Å². The summed E-state index contributed by atoms with van der Waals surface area (Å²) in [6.07, 6.45) is 4.53. The minimum atomic E-state index is -0.339. The van der Waals surface area contributed by atoms with E-state index in [1.165, 1.54) is 22.1 Å². The predicted molar refractivity (Wildman–Crippen MR) is 110 cm³/mol. The number of carbonyl (C=O) groups is 2. The molecular formula is C23H26N2O3. The van der Waals surface area contributed by atoms with E-state index in [2.05, 4.69) is 35.4 Å². The molecule has 1 aromatic heterocycles. The van der Waals surface area contributed by atoms with Gasteiger partial charge in [0.2, 0.25) is 0 Å². The van der Waals surface area contributed by atoms with E-state index in [1.54, 1.807) is 0 Å². The van der Waals surface area contributed by atoms with Crippen molar-refractivity contribution in [3.05, 3.63) is 71.4 Å². The van der Waals surface area contributed by atoms with Crippen LogP contribution in [0.2, 0.25) is 0 Å². The molecule has 5 nitrogen and oxygen atoms in total. The number of benzene rings is 2. The Labute approximate surface area is 165 Å². The van der Waals surface area contributed by atoms with E-state index in [0.29, 0.717) is 19.4 Å². The first-order chi connectivity index (χ1) is 13.6. The topological polar surface area (TPSA) is 71.2 Å². The van der Waals surface area contributed by atoms with Gasteiger partial charge in [0.25, 0.3) is 5.91 Å². The highest BCUT2D eigenvalue weighted by Crippen LogP contribution is 2.19. The van der Waals surface area contributed by atoms with Crippen LogP contribution in [0.4, 0.5) is 0 Å². The maximum atomic E-state index is 11.9. The summed E-state index contributed by atoms with van der Waals surface area (Å²) in [6.45, 7) is 2.36. The first-order valence-electron chi connectivity index (χ1n) is 9.65. The third-order valence-electron chi connectivity index (χ3n) is 4.84. The standard InChI is InChI=1S/C23H26N2O3/c1-17-7-2-3-8-18(17)13-14-24-22(26)16-28-23(27)12-6-9-19-15-25-21-11-5-4-10-20(19)21/h2-5,7-8,10-11,15,25H,6,9,12-14,16H2,1H3,(H,24,26). The van der Waals surface area contributed by atoms with E-state index in [-0.39, 0.29) is 18.5 Å². The Kier molecular flexibility index (Phi) is 6.84. The van der Waals surface area contributed by atoms with Crippen molar-refractivity contribution in [2.75, 3.05) is 13.2 Å². The zero-order valence-corrected chi connectivity index (χ0v) is 16.2. The lowest BCUT2D eigenvalue weighted by atomic mass is 10.1. The zero-order valence-electron chi connectivity index (χ0n) is 16.2. The fraction of sp³-hybridized carbons (Fsp3) is 0.304. The van der Waals surface area contributed by atoms with Gasteiger partial charge in [0.1, 0.15) is 0 Å². The molecule has 1 heterocycles. The smallest absolute Gasteiger partial charge is 0.306 e. The second kappa shape index (κ2) is 9.74. The molecule has 0 bridgehead atoms. The number of nitrogens with one attached hydrogen (secondary N) is 2. The van der Waals surface area contributed by atoms with E-state index >= 15 is 0 Å². The van der Waals surface area contributed by atoms with Crippen molar-refractivity contribution < 1.29 is 14.3 Å². The third kappa shape index (κ3) is 5.46. The highest BCUT2D eigenvalue weighted by Gasteiger charge is 2.09. The van der Waals surface area contributed by atoms with Gasteiger partial charge in [-0.3, -0.25) is 9.59 Å². The second-order valence-electron chi connectivity index (χ2n) is 6.90. The van der Waals surface area contributed by atoms with Crippen LogP contribution in [-0.4, -0.2) is 30.0 Å². The summed E-state index contributed by atoms with van der Waals surface area (Å²) in [5.41, 5.74) is 4.70. The maximum Gasteiger partial charge on any atom is 0.306 e. The fourth-order valence-electron chi connectivity index (χ4n) is 3.26. The number of hydrogen-bond acceptors (Lipinski definition) is 3. The summed E-state index contributed by atoms with van der Waals surface area (Å²) >= 11 is 0. The second-order valence-corrected chi connectivity index (χ2v) is 6.90. The van der Waals surface area contributed by atoms with Gasteiger partial charge in [-0.25, -0.2) is 0 Å². The predicted octanol–water partition coefficient (Wildman–Crippen LogP) is 3.70. The van der Waals surface area contributed by atoms with Crippen LogP contribution in [0.3, 0.4) is 0 Å². The van der Waals surface area contributed by atoms with Crippen molar-refractivity contribution in [3.63, 3.8) is 0 Å². The summed E-state index contributed by atoms with van der Waals surface area (Å²) in [5, 5.41) is 3.98. The van der Waals surface area contributed by atoms with Crippen LogP contribution in [0.5, 0.6) is 0 Å². The number of carbonyl (C=O) groups excluding carboxylic acids is 2. The number of esters is 1. The Morgan fingerprint density at radius 1 is 1.00 bits per heavy atom. The van der Waals surface area contributed by atoms with E-state index in [4.69, 9.17) is 4.74 Å².